The van der Waals surface area contributed by atoms with Crippen LogP contribution in [-0.2, 0) is 0 Å². The van der Waals surface area contributed by atoms with Crippen LogP contribution in [0, 0.1) is 5.92 Å². The molecule has 0 saturated carbocycles. The average Bonchev–Trinajstić information content (AvgIpc) is 2.38. The molecule has 19 heavy (non-hydrogen) atoms. The number of hydrogen-bond acceptors (Lipinski definition) is 3. The van der Waals surface area contributed by atoms with Gasteiger partial charge in [-0.25, -0.2) is 0 Å². The monoisotopic (exact) mass is 282 g/mol. The minimum atomic E-state index is -0.210. The standard InChI is InChI=1S/C15H23ClN2O/c1-10(17)13-3-4-15(14(16)9-13)18-7-5-12(6-8-18)11(2)19/h3-4,9-12,19H,5-8,17H2,1-2H3/t10-,11?/m1/s1. The molecule has 4 heteroatoms. The lowest BCUT2D eigenvalue weighted by Crippen LogP contribution is -2.37. The maximum absolute atomic E-state index is 9.63. The zero-order chi connectivity index (χ0) is 14.0. The molecule has 106 valence electrons. The number of halogens is 1. The maximum Gasteiger partial charge on any atom is 0.0642 e. The van der Waals surface area contributed by atoms with Crippen molar-refractivity contribution in [2.75, 3.05) is 18.0 Å². The molecule has 3 nitrogen and oxygen atoms in total. The quantitative estimate of drug-likeness (QED) is 0.896. The number of hydrogen-bond donors (Lipinski definition) is 2. The Hall–Kier alpha value is -0.770. The first kappa shape index (κ1) is 14.6. The van der Waals surface area contributed by atoms with Crippen molar-refractivity contribution in [1.29, 1.82) is 0 Å². The molecule has 2 atom stereocenters. The fourth-order valence-corrected chi connectivity index (χ4v) is 2.99. The molecule has 0 spiro atoms. The minimum absolute atomic E-state index is 0.00697. The van der Waals surface area contributed by atoms with Crippen molar-refractivity contribution in [2.24, 2.45) is 11.7 Å². The highest BCUT2D eigenvalue weighted by Crippen LogP contribution is 2.32. The molecule has 1 unspecified atom stereocenters. The summed E-state index contributed by atoms with van der Waals surface area (Å²) in [5, 5.41) is 10.4. The third-order valence-electron chi connectivity index (χ3n) is 4.06. The van der Waals surface area contributed by atoms with Gasteiger partial charge in [-0.1, -0.05) is 17.7 Å². The van der Waals surface area contributed by atoms with Crippen molar-refractivity contribution in [1.82, 2.24) is 0 Å². The van der Waals surface area contributed by atoms with E-state index in [1.165, 1.54) is 0 Å². The van der Waals surface area contributed by atoms with Gasteiger partial charge >= 0.3 is 0 Å². The van der Waals surface area contributed by atoms with Crippen molar-refractivity contribution < 1.29 is 5.11 Å². The normalized spacial score (nSPS) is 20.4. The predicted molar refractivity (Wildman–Crippen MR) is 80.7 cm³/mol. The average molecular weight is 283 g/mol. The van der Waals surface area contributed by atoms with Gasteiger partial charge in [-0.05, 0) is 50.3 Å². The number of aliphatic hydroxyl groups is 1. The van der Waals surface area contributed by atoms with E-state index in [0.717, 1.165) is 42.2 Å². The van der Waals surface area contributed by atoms with Gasteiger partial charge in [-0.2, -0.15) is 0 Å². The topological polar surface area (TPSA) is 49.5 Å². The van der Waals surface area contributed by atoms with Gasteiger partial charge in [-0.15, -0.1) is 0 Å². The molecular formula is C15H23ClN2O. The van der Waals surface area contributed by atoms with Crippen LogP contribution < -0.4 is 10.6 Å². The first-order valence-electron chi connectivity index (χ1n) is 6.97. The fraction of sp³-hybridized carbons (Fsp3) is 0.600. The molecule has 0 amide bonds. The Labute approximate surface area is 120 Å². The van der Waals surface area contributed by atoms with E-state index in [2.05, 4.69) is 11.0 Å². The molecule has 0 aliphatic carbocycles. The van der Waals surface area contributed by atoms with E-state index in [0.29, 0.717) is 5.92 Å². The number of benzene rings is 1. The van der Waals surface area contributed by atoms with Gasteiger partial charge in [0.25, 0.3) is 0 Å². The summed E-state index contributed by atoms with van der Waals surface area (Å²) in [6, 6.07) is 6.08. The number of rotatable bonds is 3. The molecule has 1 aromatic carbocycles. The van der Waals surface area contributed by atoms with Gasteiger partial charge in [0.15, 0.2) is 0 Å². The summed E-state index contributed by atoms with van der Waals surface area (Å²) in [4.78, 5) is 2.30. The van der Waals surface area contributed by atoms with Crippen LogP contribution in [0.25, 0.3) is 0 Å². The van der Waals surface area contributed by atoms with E-state index in [4.69, 9.17) is 17.3 Å². The highest BCUT2D eigenvalue weighted by Gasteiger charge is 2.23. The summed E-state index contributed by atoms with van der Waals surface area (Å²) in [5.41, 5.74) is 8.00. The summed E-state index contributed by atoms with van der Waals surface area (Å²) < 4.78 is 0. The molecule has 3 N–H and O–H groups in total. The predicted octanol–water partition coefficient (Wildman–Crippen LogP) is 2.96. The van der Waals surface area contributed by atoms with Crippen LogP contribution in [0.4, 0.5) is 5.69 Å². The Morgan fingerprint density at radius 1 is 1.32 bits per heavy atom. The number of aliphatic hydroxyl groups excluding tert-OH is 1. The molecule has 0 radical (unpaired) electrons. The lowest BCUT2D eigenvalue weighted by Gasteiger charge is -2.35. The number of anilines is 1. The highest BCUT2D eigenvalue weighted by molar-refractivity contribution is 6.33. The summed E-state index contributed by atoms with van der Waals surface area (Å²) in [6.45, 7) is 5.74. The van der Waals surface area contributed by atoms with Crippen LogP contribution in [-0.4, -0.2) is 24.3 Å². The van der Waals surface area contributed by atoms with Crippen molar-refractivity contribution in [3.05, 3.63) is 28.8 Å². The Morgan fingerprint density at radius 3 is 2.42 bits per heavy atom. The zero-order valence-corrected chi connectivity index (χ0v) is 12.4. The van der Waals surface area contributed by atoms with Crippen LogP contribution >= 0.6 is 11.6 Å². The van der Waals surface area contributed by atoms with Gasteiger partial charge in [-0.3, -0.25) is 0 Å². The summed E-state index contributed by atoms with van der Waals surface area (Å²) in [7, 11) is 0. The third kappa shape index (κ3) is 3.41. The van der Waals surface area contributed by atoms with E-state index < -0.39 is 0 Å². The fourth-order valence-electron chi connectivity index (χ4n) is 2.69. The van der Waals surface area contributed by atoms with E-state index in [1.54, 1.807) is 0 Å². The van der Waals surface area contributed by atoms with E-state index in [-0.39, 0.29) is 12.1 Å². The molecule has 0 aromatic heterocycles. The van der Waals surface area contributed by atoms with Crippen LogP contribution in [0.5, 0.6) is 0 Å². The molecule has 1 aliphatic heterocycles. The molecular weight excluding hydrogens is 260 g/mol. The smallest absolute Gasteiger partial charge is 0.0642 e. The van der Waals surface area contributed by atoms with E-state index in [9.17, 15) is 5.11 Å². The van der Waals surface area contributed by atoms with Crippen molar-refractivity contribution in [3.63, 3.8) is 0 Å². The van der Waals surface area contributed by atoms with Gasteiger partial charge in [0.1, 0.15) is 0 Å². The first-order chi connectivity index (χ1) is 8.99. The summed E-state index contributed by atoms with van der Waals surface area (Å²) in [5.74, 6) is 0.415. The second-order valence-electron chi connectivity index (χ2n) is 5.56. The summed E-state index contributed by atoms with van der Waals surface area (Å²) >= 11 is 6.36. The largest absolute Gasteiger partial charge is 0.393 e. The van der Waals surface area contributed by atoms with Gasteiger partial charge in [0.2, 0.25) is 0 Å². The summed E-state index contributed by atoms with van der Waals surface area (Å²) in [6.07, 6.45) is 1.82. The third-order valence-corrected chi connectivity index (χ3v) is 4.36. The molecule has 1 aliphatic rings. The van der Waals surface area contributed by atoms with Crippen LogP contribution in [0.1, 0.15) is 38.3 Å². The van der Waals surface area contributed by atoms with Gasteiger partial charge in [0, 0.05) is 19.1 Å². The second-order valence-corrected chi connectivity index (χ2v) is 5.97. The Bertz CT molecular complexity index is 426. The Balaban J connectivity index is 2.07. The SMILES string of the molecule is CC(O)C1CCN(c2ccc([C@@H](C)N)cc2Cl)CC1. The number of nitrogens with two attached hydrogens (primary N) is 1. The Morgan fingerprint density at radius 2 is 1.95 bits per heavy atom. The first-order valence-corrected chi connectivity index (χ1v) is 7.35. The molecule has 0 bridgehead atoms. The Kier molecular flexibility index (Phi) is 4.71. The molecule has 1 heterocycles. The molecule has 2 rings (SSSR count). The van der Waals surface area contributed by atoms with Crippen LogP contribution in [0.2, 0.25) is 5.02 Å². The van der Waals surface area contributed by atoms with E-state index in [1.807, 2.05) is 26.0 Å². The lowest BCUT2D eigenvalue weighted by molar-refractivity contribution is 0.110. The van der Waals surface area contributed by atoms with Crippen molar-refractivity contribution in [2.45, 2.75) is 38.8 Å². The zero-order valence-electron chi connectivity index (χ0n) is 11.6. The van der Waals surface area contributed by atoms with Crippen molar-refractivity contribution >= 4 is 17.3 Å². The van der Waals surface area contributed by atoms with E-state index >= 15 is 0 Å². The van der Waals surface area contributed by atoms with Gasteiger partial charge < -0.3 is 15.7 Å². The lowest BCUT2D eigenvalue weighted by atomic mass is 9.92. The molecule has 1 saturated heterocycles. The van der Waals surface area contributed by atoms with Crippen molar-refractivity contribution in [3.8, 4) is 0 Å². The second kappa shape index (κ2) is 6.12. The minimum Gasteiger partial charge on any atom is -0.393 e. The van der Waals surface area contributed by atoms with Crippen LogP contribution in [0.15, 0.2) is 18.2 Å². The number of piperidine rings is 1. The molecule has 1 aromatic rings. The van der Waals surface area contributed by atoms with Gasteiger partial charge in [0.05, 0.1) is 16.8 Å². The maximum atomic E-state index is 9.63. The molecule has 1 fully saturated rings. The number of nitrogens with zero attached hydrogens (tertiary/aromatic N) is 1. The van der Waals surface area contributed by atoms with Crippen LogP contribution in [0.3, 0.4) is 0 Å². The highest BCUT2D eigenvalue weighted by atomic mass is 35.5.